The summed E-state index contributed by atoms with van der Waals surface area (Å²) in [6.07, 6.45) is 3.99. The molecule has 0 aromatic carbocycles. The van der Waals surface area contributed by atoms with Crippen molar-refractivity contribution >= 4 is 22.2 Å². The summed E-state index contributed by atoms with van der Waals surface area (Å²) in [5, 5.41) is 20.0. The molecule has 0 aliphatic carbocycles. The van der Waals surface area contributed by atoms with Crippen LogP contribution in [-0.4, -0.2) is 22.2 Å². The molecule has 0 saturated carbocycles. The summed E-state index contributed by atoms with van der Waals surface area (Å²) >= 11 is 1.47. The standard InChI is InChI=1S/C13H13N5OS/c1-18-7-8(5-16-18)12(19)17-13-10(4-14)9-2-3-15-6-11(9)20-13/h5,7,15H,2-3,6H2,1H3,(H,17,19). The number of carbonyl (C=O) groups is 1. The van der Waals surface area contributed by atoms with Gasteiger partial charge in [-0.15, -0.1) is 11.3 Å². The van der Waals surface area contributed by atoms with Crippen LogP contribution >= 0.6 is 11.3 Å². The minimum Gasteiger partial charge on any atom is -0.312 e. The molecule has 1 aliphatic heterocycles. The fourth-order valence-corrected chi connectivity index (χ4v) is 3.42. The van der Waals surface area contributed by atoms with Gasteiger partial charge in [0.1, 0.15) is 11.1 Å². The first-order chi connectivity index (χ1) is 9.69. The fourth-order valence-electron chi connectivity index (χ4n) is 2.25. The molecule has 1 aliphatic rings. The minimum absolute atomic E-state index is 0.235. The van der Waals surface area contributed by atoms with Gasteiger partial charge in [0, 0.05) is 24.7 Å². The molecule has 0 fully saturated rings. The van der Waals surface area contributed by atoms with Crippen molar-refractivity contribution in [1.82, 2.24) is 15.1 Å². The summed E-state index contributed by atoms with van der Waals surface area (Å²) in [5.41, 5.74) is 2.15. The van der Waals surface area contributed by atoms with Crippen molar-refractivity contribution < 1.29 is 4.79 Å². The Hall–Kier alpha value is -2.17. The molecule has 0 spiro atoms. The fraction of sp³-hybridized carbons (Fsp3) is 0.308. The Bertz CT molecular complexity index is 709. The van der Waals surface area contributed by atoms with Gasteiger partial charge in [-0.3, -0.25) is 9.48 Å². The summed E-state index contributed by atoms with van der Waals surface area (Å²) < 4.78 is 1.57. The van der Waals surface area contributed by atoms with E-state index in [9.17, 15) is 10.1 Å². The zero-order valence-corrected chi connectivity index (χ0v) is 11.8. The summed E-state index contributed by atoms with van der Waals surface area (Å²) in [7, 11) is 1.76. The Morgan fingerprint density at radius 3 is 3.20 bits per heavy atom. The Morgan fingerprint density at radius 2 is 2.50 bits per heavy atom. The number of rotatable bonds is 2. The molecule has 0 radical (unpaired) electrons. The average Bonchev–Trinajstić information content (AvgIpc) is 3.01. The van der Waals surface area contributed by atoms with Crippen molar-refractivity contribution in [3.63, 3.8) is 0 Å². The van der Waals surface area contributed by atoms with Crippen LogP contribution in [0.3, 0.4) is 0 Å². The van der Waals surface area contributed by atoms with Crippen LogP contribution in [-0.2, 0) is 20.0 Å². The predicted molar refractivity (Wildman–Crippen MR) is 75.6 cm³/mol. The van der Waals surface area contributed by atoms with E-state index in [0.29, 0.717) is 16.1 Å². The Morgan fingerprint density at radius 1 is 1.65 bits per heavy atom. The first-order valence-electron chi connectivity index (χ1n) is 6.24. The van der Waals surface area contributed by atoms with Gasteiger partial charge < -0.3 is 10.6 Å². The first kappa shape index (κ1) is 12.8. The van der Waals surface area contributed by atoms with Gasteiger partial charge in [0.05, 0.1) is 17.3 Å². The highest BCUT2D eigenvalue weighted by molar-refractivity contribution is 7.16. The Balaban J connectivity index is 1.89. The van der Waals surface area contributed by atoms with Crippen LogP contribution in [0.15, 0.2) is 12.4 Å². The molecular weight excluding hydrogens is 274 g/mol. The third kappa shape index (κ3) is 2.19. The monoisotopic (exact) mass is 287 g/mol. The van der Waals surface area contributed by atoms with Gasteiger partial charge in [0.25, 0.3) is 5.91 Å². The van der Waals surface area contributed by atoms with E-state index in [1.807, 2.05) is 0 Å². The SMILES string of the molecule is Cn1cc(C(=O)Nc2sc3c(c2C#N)CCNC3)cn1. The van der Waals surface area contributed by atoms with E-state index < -0.39 is 0 Å². The summed E-state index contributed by atoms with van der Waals surface area (Å²) in [6.45, 7) is 1.63. The van der Waals surface area contributed by atoms with Crippen molar-refractivity contribution in [3.8, 4) is 6.07 Å². The largest absolute Gasteiger partial charge is 0.312 e. The number of aromatic nitrogens is 2. The number of nitriles is 1. The van der Waals surface area contributed by atoms with E-state index in [1.165, 1.54) is 17.5 Å². The molecule has 0 bridgehead atoms. The third-order valence-electron chi connectivity index (χ3n) is 3.23. The van der Waals surface area contributed by atoms with Crippen molar-refractivity contribution in [1.29, 1.82) is 5.26 Å². The summed E-state index contributed by atoms with van der Waals surface area (Å²) in [4.78, 5) is 13.3. The average molecular weight is 287 g/mol. The van der Waals surface area contributed by atoms with Gasteiger partial charge in [-0.05, 0) is 18.5 Å². The second kappa shape index (κ2) is 5.07. The maximum atomic E-state index is 12.1. The summed E-state index contributed by atoms with van der Waals surface area (Å²) in [5.74, 6) is -0.235. The van der Waals surface area contributed by atoms with Gasteiger partial charge >= 0.3 is 0 Å². The van der Waals surface area contributed by atoms with Crippen LogP contribution in [0, 0.1) is 11.3 Å². The molecule has 1 amide bonds. The number of aryl methyl sites for hydroxylation is 1. The van der Waals surface area contributed by atoms with Crippen molar-refractivity contribution in [2.45, 2.75) is 13.0 Å². The van der Waals surface area contributed by atoms with Gasteiger partial charge in [0.2, 0.25) is 0 Å². The number of carbonyl (C=O) groups excluding carboxylic acids is 1. The maximum absolute atomic E-state index is 12.1. The minimum atomic E-state index is -0.235. The zero-order chi connectivity index (χ0) is 14.1. The van der Waals surface area contributed by atoms with Crippen LogP contribution in [0.5, 0.6) is 0 Å². The smallest absolute Gasteiger partial charge is 0.259 e. The number of thiophene rings is 1. The van der Waals surface area contributed by atoms with Crippen LogP contribution in [0.1, 0.15) is 26.4 Å². The number of hydrogen-bond donors (Lipinski definition) is 2. The van der Waals surface area contributed by atoms with E-state index in [1.54, 1.807) is 17.9 Å². The Labute approximate surface area is 120 Å². The highest BCUT2D eigenvalue weighted by Crippen LogP contribution is 2.34. The molecule has 3 heterocycles. The topological polar surface area (TPSA) is 82.7 Å². The lowest BCUT2D eigenvalue weighted by atomic mass is 10.1. The molecule has 2 aromatic rings. The van der Waals surface area contributed by atoms with Gasteiger partial charge in [-0.2, -0.15) is 10.4 Å². The lowest BCUT2D eigenvalue weighted by molar-refractivity contribution is 0.102. The highest BCUT2D eigenvalue weighted by Gasteiger charge is 2.22. The molecule has 7 heteroatoms. The molecule has 6 nitrogen and oxygen atoms in total. The molecule has 0 saturated heterocycles. The van der Waals surface area contributed by atoms with E-state index in [4.69, 9.17) is 0 Å². The van der Waals surface area contributed by atoms with Crippen molar-refractivity contribution in [2.75, 3.05) is 11.9 Å². The summed E-state index contributed by atoms with van der Waals surface area (Å²) in [6, 6.07) is 2.21. The van der Waals surface area contributed by atoms with Crippen LogP contribution in [0.25, 0.3) is 0 Å². The number of fused-ring (bicyclic) bond motifs is 1. The molecule has 0 atom stereocenters. The number of hydrogen-bond acceptors (Lipinski definition) is 5. The number of nitrogens with zero attached hydrogens (tertiary/aromatic N) is 3. The maximum Gasteiger partial charge on any atom is 0.259 e. The van der Waals surface area contributed by atoms with Crippen molar-refractivity contribution in [2.24, 2.45) is 7.05 Å². The lowest BCUT2D eigenvalue weighted by Crippen LogP contribution is -2.22. The van der Waals surface area contributed by atoms with Crippen LogP contribution in [0.4, 0.5) is 5.00 Å². The van der Waals surface area contributed by atoms with E-state index >= 15 is 0 Å². The predicted octanol–water partition coefficient (Wildman–Crippen LogP) is 1.25. The molecule has 2 aromatic heterocycles. The van der Waals surface area contributed by atoms with Gasteiger partial charge in [0.15, 0.2) is 0 Å². The molecule has 0 unspecified atom stereocenters. The van der Waals surface area contributed by atoms with Crippen molar-refractivity contribution in [3.05, 3.63) is 34.0 Å². The molecular formula is C13H13N5OS. The normalized spacial score (nSPS) is 13.6. The molecule has 20 heavy (non-hydrogen) atoms. The second-order valence-electron chi connectivity index (χ2n) is 4.60. The lowest BCUT2D eigenvalue weighted by Gasteiger charge is -2.11. The van der Waals surface area contributed by atoms with E-state index in [-0.39, 0.29) is 5.91 Å². The third-order valence-corrected chi connectivity index (χ3v) is 4.38. The van der Waals surface area contributed by atoms with Gasteiger partial charge in [-0.25, -0.2) is 0 Å². The number of nitrogens with one attached hydrogen (secondary N) is 2. The van der Waals surface area contributed by atoms with E-state index in [0.717, 1.165) is 30.0 Å². The molecule has 2 N–H and O–H groups in total. The van der Waals surface area contributed by atoms with Crippen LogP contribution in [0.2, 0.25) is 0 Å². The highest BCUT2D eigenvalue weighted by atomic mass is 32.1. The quantitative estimate of drug-likeness (QED) is 0.871. The Kier molecular flexibility index (Phi) is 3.26. The van der Waals surface area contributed by atoms with E-state index in [2.05, 4.69) is 21.8 Å². The zero-order valence-electron chi connectivity index (χ0n) is 10.9. The first-order valence-corrected chi connectivity index (χ1v) is 7.06. The van der Waals surface area contributed by atoms with Gasteiger partial charge in [-0.1, -0.05) is 0 Å². The molecule has 3 rings (SSSR count). The molecule has 102 valence electrons. The second-order valence-corrected chi connectivity index (χ2v) is 5.71. The number of amides is 1. The number of anilines is 1. The van der Waals surface area contributed by atoms with Crippen LogP contribution < -0.4 is 10.6 Å².